The van der Waals surface area contributed by atoms with Crippen LogP contribution in [0.5, 0.6) is 5.75 Å². The molecule has 0 spiro atoms. The highest BCUT2D eigenvalue weighted by molar-refractivity contribution is 5.77. The first kappa shape index (κ1) is 12.0. The molecule has 1 heterocycles. The van der Waals surface area contributed by atoms with Crippen LogP contribution in [0.1, 0.15) is 19.8 Å². The smallest absolute Gasteiger partial charge is 0.260 e. The maximum absolute atomic E-state index is 11.9. The Bertz CT molecular complexity index is 364. The Hall–Kier alpha value is -1.51. The van der Waals surface area contributed by atoms with Gasteiger partial charge in [0.1, 0.15) is 5.75 Å². The van der Waals surface area contributed by atoms with Gasteiger partial charge in [-0.15, -0.1) is 0 Å². The molecule has 1 atom stereocenters. The van der Waals surface area contributed by atoms with Crippen LogP contribution in [0.2, 0.25) is 0 Å². The van der Waals surface area contributed by atoms with Crippen molar-refractivity contribution in [1.82, 2.24) is 4.90 Å². The monoisotopic (exact) mass is 233 g/mol. The molecule has 1 fully saturated rings. The summed E-state index contributed by atoms with van der Waals surface area (Å²) in [5, 5.41) is 0. The van der Waals surface area contributed by atoms with Crippen LogP contribution in [0, 0.1) is 5.92 Å². The van der Waals surface area contributed by atoms with Crippen molar-refractivity contribution in [2.75, 3.05) is 19.7 Å². The third kappa shape index (κ3) is 3.48. The van der Waals surface area contributed by atoms with E-state index < -0.39 is 0 Å². The number of hydrogen-bond donors (Lipinski definition) is 0. The van der Waals surface area contributed by atoms with Crippen molar-refractivity contribution < 1.29 is 9.53 Å². The molecule has 0 unspecified atom stereocenters. The number of rotatable bonds is 3. The van der Waals surface area contributed by atoms with Gasteiger partial charge in [0.25, 0.3) is 5.91 Å². The summed E-state index contributed by atoms with van der Waals surface area (Å²) in [4.78, 5) is 13.8. The number of hydrogen-bond acceptors (Lipinski definition) is 2. The quantitative estimate of drug-likeness (QED) is 0.802. The summed E-state index contributed by atoms with van der Waals surface area (Å²) < 4.78 is 5.47. The fourth-order valence-corrected chi connectivity index (χ4v) is 2.17. The predicted octanol–water partition coefficient (Wildman–Crippen LogP) is 2.32. The lowest BCUT2D eigenvalue weighted by molar-refractivity contribution is -0.135. The minimum atomic E-state index is 0.0976. The molecule has 0 radical (unpaired) electrons. The fraction of sp³-hybridized carbons (Fsp3) is 0.500. The van der Waals surface area contributed by atoms with E-state index in [1.54, 1.807) is 0 Å². The van der Waals surface area contributed by atoms with Crippen molar-refractivity contribution >= 4 is 5.91 Å². The van der Waals surface area contributed by atoms with E-state index in [9.17, 15) is 4.79 Å². The Balaban J connectivity index is 1.81. The van der Waals surface area contributed by atoms with Crippen molar-refractivity contribution in [3.8, 4) is 5.75 Å². The maximum Gasteiger partial charge on any atom is 0.260 e. The van der Waals surface area contributed by atoms with Gasteiger partial charge in [0.05, 0.1) is 0 Å². The summed E-state index contributed by atoms with van der Waals surface area (Å²) in [5.41, 5.74) is 0. The summed E-state index contributed by atoms with van der Waals surface area (Å²) in [5.74, 6) is 1.47. The van der Waals surface area contributed by atoms with Gasteiger partial charge in [-0.3, -0.25) is 4.79 Å². The van der Waals surface area contributed by atoms with E-state index in [1.165, 1.54) is 6.42 Å². The summed E-state index contributed by atoms with van der Waals surface area (Å²) in [7, 11) is 0. The highest BCUT2D eigenvalue weighted by atomic mass is 16.5. The normalized spacial score (nSPS) is 20.1. The SMILES string of the molecule is C[C@@H]1CCCN(C(=O)COc2ccccc2)C1. The lowest BCUT2D eigenvalue weighted by atomic mass is 10.0. The molecule has 0 aliphatic carbocycles. The van der Waals surface area contributed by atoms with Crippen LogP contribution in [-0.4, -0.2) is 30.5 Å². The number of ether oxygens (including phenoxy) is 1. The van der Waals surface area contributed by atoms with E-state index in [0.29, 0.717) is 5.92 Å². The Morgan fingerprint density at radius 2 is 2.18 bits per heavy atom. The fourth-order valence-electron chi connectivity index (χ4n) is 2.17. The van der Waals surface area contributed by atoms with Crippen LogP contribution < -0.4 is 4.74 Å². The van der Waals surface area contributed by atoms with Gasteiger partial charge in [0, 0.05) is 13.1 Å². The lowest BCUT2D eigenvalue weighted by Gasteiger charge is -2.30. The Morgan fingerprint density at radius 1 is 1.41 bits per heavy atom. The third-order valence-electron chi connectivity index (χ3n) is 3.12. The molecule has 1 aromatic carbocycles. The summed E-state index contributed by atoms with van der Waals surface area (Å²) >= 11 is 0. The van der Waals surface area contributed by atoms with Crippen LogP contribution in [-0.2, 0) is 4.79 Å². The van der Waals surface area contributed by atoms with Gasteiger partial charge in [-0.05, 0) is 30.9 Å². The van der Waals surface area contributed by atoms with E-state index in [0.717, 1.165) is 25.3 Å². The van der Waals surface area contributed by atoms with Crippen molar-refractivity contribution in [1.29, 1.82) is 0 Å². The molecule has 92 valence electrons. The average molecular weight is 233 g/mol. The molecule has 3 heteroatoms. The molecule has 0 aromatic heterocycles. The number of likely N-dealkylation sites (tertiary alicyclic amines) is 1. The molecule has 2 rings (SSSR count). The van der Waals surface area contributed by atoms with Gasteiger partial charge in [0.15, 0.2) is 6.61 Å². The van der Waals surface area contributed by atoms with Crippen LogP contribution in [0.25, 0.3) is 0 Å². The number of amides is 1. The number of carbonyl (C=O) groups is 1. The highest BCUT2D eigenvalue weighted by Gasteiger charge is 2.20. The van der Waals surface area contributed by atoms with Crippen molar-refractivity contribution in [2.24, 2.45) is 5.92 Å². The third-order valence-corrected chi connectivity index (χ3v) is 3.12. The summed E-state index contributed by atoms with van der Waals surface area (Å²) in [6.45, 7) is 4.09. The maximum atomic E-state index is 11.9. The van der Waals surface area contributed by atoms with Gasteiger partial charge in [-0.2, -0.15) is 0 Å². The first-order chi connectivity index (χ1) is 8.25. The zero-order chi connectivity index (χ0) is 12.1. The van der Waals surface area contributed by atoms with Crippen molar-refractivity contribution in [3.63, 3.8) is 0 Å². The molecule has 17 heavy (non-hydrogen) atoms. The van der Waals surface area contributed by atoms with Gasteiger partial charge in [-0.25, -0.2) is 0 Å². The molecule has 0 bridgehead atoms. The molecule has 1 aliphatic rings. The van der Waals surface area contributed by atoms with Gasteiger partial charge < -0.3 is 9.64 Å². The molecule has 1 amide bonds. The van der Waals surface area contributed by atoms with Crippen molar-refractivity contribution in [3.05, 3.63) is 30.3 Å². The Morgan fingerprint density at radius 3 is 2.88 bits per heavy atom. The standard InChI is InChI=1S/C14H19NO2/c1-12-6-5-9-15(10-12)14(16)11-17-13-7-3-2-4-8-13/h2-4,7-8,12H,5-6,9-11H2,1H3/t12-/m1/s1. The van der Waals surface area contributed by atoms with Gasteiger partial charge >= 0.3 is 0 Å². The molecule has 1 aliphatic heterocycles. The Kier molecular flexibility index (Phi) is 4.02. The van der Waals surface area contributed by atoms with Crippen molar-refractivity contribution in [2.45, 2.75) is 19.8 Å². The highest BCUT2D eigenvalue weighted by Crippen LogP contribution is 2.16. The van der Waals surface area contributed by atoms with E-state index in [2.05, 4.69) is 6.92 Å². The van der Waals surface area contributed by atoms with E-state index in [1.807, 2.05) is 35.2 Å². The Labute approximate surface area is 102 Å². The predicted molar refractivity (Wildman–Crippen MR) is 66.9 cm³/mol. The number of para-hydroxylation sites is 1. The molecular formula is C14H19NO2. The summed E-state index contributed by atoms with van der Waals surface area (Å²) in [6.07, 6.45) is 2.33. The van der Waals surface area contributed by atoms with Crippen LogP contribution in [0.15, 0.2) is 30.3 Å². The average Bonchev–Trinajstić information content (AvgIpc) is 2.37. The van der Waals surface area contributed by atoms with E-state index >= 15 is 0 Å². The molecule has 1 aromatic rings. The van der Waals surface area contributed by atoms with Gasteiger partial charge in [-0.1, -0.05) is 25.1 Å². The number of benzene rings is 1. The molecule has 3 nitrogen and oxygen atoms in total. The molecule has 1 saturated heterocycles. The second-order valence-corrected chi connectivity index (χ2v) is 4.69. The molecule has 0 N–H and O–H groups in total. The van der Waals surface area contributed by atoms with Gasteiger partial charge in [0.2, 0.25) is 0 Å². The number of nitrogens with zero attached hydrogens (tertiary/aromatic N) is 1. The minimum absolute atomic E-state index is 0.0976. The second kappa shape index (κ2) is 5.71. The largest absolute Gasteiger partial charge is 0.484 e. The second-order valence-electron chi connectivity index (χ2n) is 4.69. The number of carbonyl (C=O) groups excluding carboxylic acids is 1. The topological polar surface area (TPSA) is 29.5 Å². The lowest BCUT2D eigenvalue weighted by Crippen LogP contribution is -2.41. The molecular weight excluding hydrogens is 214 g/mol. The molecule has 0 saturated carbocycles. The van der Waals surface area contributed by atoms with Crippen LogP contribution in [0.4, 0.5) is 0 Å². The zero-order valence-corrected chi connectivity index (χ0v) is 10.3. The van der Waals surface area contributed by atoms with E-state index in [-0.39, 0.29) is 12.5 Å². The minimum Gasteiger partial charge on any atom is -0.484 e. The van der Waals surface area contributed by atoms with E-state index in [4.69, 9.17) is 4.74 Å². The van der Waals surface area contributed by atoms with Crippen LogP contribution >= 0.6 is 0 Å². The van der Waals surface area contributed by atoms with Crippen LogP contribution in [0.3, 0.4) is 0 Å². The zero-order valence-electron chi connectivity index (χ0n) is 10.3. The number of piperidine rings is 1. The summed E-state index contributed by atoms with van der Waals surface area (Å²) in [6, 6.07) is 9.48. The first-order valence-electron chi connectivity index (χ1n) is 6.21. The first-order valence-corrected chi connectivity index (χ1v) is 6.21.